The fourth-order valence-electron chi connectivity index (χ4n) is 2.37. The molecule has 1 aromatic heterocycles. The van der Waals surface area contributed by atoms with Gasteiger partial charge in [-0.1, -0.05) is 0 Å². The van der Waals surface area contributed by atoms with Gasteiger partial charge in [0, 0.05) is 30.1 Å². The van der Waals surface area contributed by atoms with Gasteiger partial charge in [-0.15, -0.1) is 0 Å². The molecule has 1 N–H and O–H groups in total. The van der Waals surface area contributed by atoms with Crippen LogP contribution in [0, 0.1) is 13.8 Å². The quantitative estimate of drug-likeness (QED) is 0.635. The van der Waals surface area contributed by atoms with Crippen molar-refractivity contribution in [2.24, 2.45) is 7.05 Å². The van der Waals surface area contributed by atoms with Gasteiger partial charge in [-0.2, -0.15) is 5.10 Å². The third-order valence-corrected chi connectivity index (χ3v) is 3.97. The van der Waals surface area contributed by atoms with E-state index in [0.717, 1.165) is 17.0 Å². The van der Waals surface area contributed by atoms with Gasteiger partial charge >= 0.3 is 5.97 Å². The van der Waals surface area contributed by atoms with E-state index in [0.29, 0.717) is 11.4 Å². The number of carbonyl (C=O) groups excluding carboxylic acids is 2. The van der Waals surface area contributed by atoms with E-state index in [9.17, 15) is 9.59 Å². The van der Waals surface area contributed by atoms with Crippen LogP contribution in [0.4, 0.5) is 5.69 Å². The standard InChI is InChI=1S/C19H23N3O4/c1-12-17(13(2)22(4)21-12)10-11-18(23)26-14(3)19(24)20-15-6-8-16(25-5)9-7-15/h6-11,14H,1-5H3,(H,20,24)/b11-10+/t14-/m0/s1. The summed E-state index contributed by atoms with van der Waals surface area (Å²) in [5.74, 6) is -0.315. The van der Waals surface area contributed by atoms with Gasteiger partial charge in [0.1, 0.15) is 5.75 Å². The fraction of sp³-hybridized carbons (Fsp3) is 0.316. The molecule has 0 saturated heterocycles. The Morgan fingerprint density at radius 2 is 1.88 bits per heavy atom. The topological polar surface area (TPSA) is 82.4 Å². The van der Waals surface area contributed by atoms with Gasteiger partial charge in [-0.25, -0.2) is 4.79 Å². The molecule has 7 nitrogen and oxygen atoms in total. The molecule has 1 aromatic carbocycles. The lowest BCUT2D eigenvalue weighted by molar-refractivity contribution is -0.148. The summed E-state index contributed by atoms with van der Waals surface area (Å²) in [7, 11) is 3.40. The van der Waals surface area contributed by atoms with Gasteiger partial charge in [-0.05, 0) is 51.1 Å². The number of hydrogen-bond acceptors (Lipinski definition) is 5. The summed E-state index contributed by atoms with van der Waals surface area (Å²) < 4.78 is 11.9. The molecule has 0 spiro atoms. The molecule has 0 radical (unpaired) electrons. The highest BCUT2D eigenvalue weighted by molar-refractivity contribution is 5.96. The second kappa shape index (κ2) is 8.33. The number of amides is 1. The summed E-state index contributed by atoms with van der Waals surface area (Å²) in [5.41, 5.74) is 3.21. The van der Waals surface area contributed by atoms with Gasteiger partial charge < -0.3 is 14.8 Å². The molecule has 1 atom stereocenters. The van der Waals surface area contributed by atoms with Crippen molar-refractivity contribution in [3.8, 4) is 5.75 Å². The van der Waals surface area contributed by atoms with E-state index in [1.807, 2.05) is 20.9 Å². The smallest absolute Gasteiger partial charge is 0.331 e. The number of carbonyl (C=O) groups is 2. The van der Waals surface area contributed by atoms with Crippen LogP contribution in [0.1, 0.15) is 23.9 Å². The second-order valence-corrected chi connectivity index (χ2v) is 5.84. The number of methoxy groups -OCH3 is 1. The number of hydrogen-bond donors (Lipinski definition) is 1. The Kier molecular flexibility index (Phi) is 6.16. The Bertz CT molecular complexity index is 822. The molecule has 26 heavy (non-hydrogen) atoms. The van der Waals surface area contributed by atoms with Gasteiger partial charge in [0.05, 0.1) is 12.8 Å². The van der Waals surface area contributed by atoms with Crippen molar-refractivity contribution < 1.29 is 19.1 Å². The first-order valence-corrected chi connectivity index (χ1v) is 8.15. The molecule has 0 aliphatic rings. The molecule has 7 heteroatoms. The van der Waals surface area contributed by atoms with Crippen LogP contribution in [0.25, 0.3) is 6.08 Å². The Balaban J connectivity index is 1.92. The number of nitrogens with zero attached hydrogens (tertiary/aromatic N) is 2. The minimum Gasteiger partial charge on any atom is -0.497 e. The van der Waals surface area contributed by atoms with E-state index in [-0.39, 0.29) is 0 Å². The molecule has 1 heterocycles. The van der Waals surface area contributed by atoms with Gasteiger partial charge in [-0.3, -0.25) is 9.48 Å². The average Bonchev–Trinajstić information content (AvgIpc) is 2.85. The first-order valence-electron chi connectivity index (χ1n) is 8.15. The Morgan fingerprint density at radius 1 is 1.23 bits per heavy atom. The van der Waals surface area contributed by atoms with Crippen LogP contribution in [0.5, 0.6) is 5.75 Å². The van der Waals surface area contributed by atoms with E-state index < -0.39 is 18.0 Å². The van der Waals surface area contributed by atoms with E-state index in [1.165, 1.54) is 13.0 Å². The molecule has 0 aliphatic carbocycles. The normalized spacial score (nSPS) is 12.0. The molecule has 0 fully saturated rings. The molecule has 1 amide bonds. The summed E-state index contributed by atoms with van der Waals surface area (Å²) in [6, 6.07) is 6.87. The molecule has 0 bridgehead atoms. The van der Waals surface area contributed by atoms with Gasteiger partial charge in [0.25, 0.3) is 5.91 Å². The van der Waals surface area contributed by atoms with E-state index in [1.54, 1.807) is 42.1 Å². The maximum atomic E-state index is 12.1. The summed E-state index contributed by atoms with van der Waals surface area (Å²) in [4.78, 5) is 24.1. The average molecular weight is 357 g/mol. The van der Waals surface area contributed by atoms with Crippen molar-refractivity contribution in [1.82, 2.24) is 9.78 Å². The van der Waals surface area contributed by atoms with Crippen LogP contribution in [0.15, 0.2) is 30.3 Å². The predicted molar refractivity (Wildman–Crippen MR) is 98.9 cm³/mol. The first-order chi connectivity index (χ1) is 12.3. The first kappa shape index (κ1) is 19.2. The number of nitrogens with one attached hydrogen (secondary N) is 1. The summed E-state index contributed by atoms with van der Waals surface area (Å²) in [5, 5.41) is 6.96. The van der Waals surface area contributed by atoms with Crippen LogP contribution in [0.2, 0.25) is 0 Å². The lowest BCUT2D eigenvalue weighted by Crippen LogP contribution is -2.29. The number of aromatic nitrogens is 2. The van der Waals surface area contributed by atoms with Crippen molar-refractivity contribution >= 4 is 23.6 Å². The lowest BCUT2D eigenvalue weighted by atomic mass is 10.2. The molecule has 2 rings (SSSR count). The highest BCUT2D eigenvalue weighted by Crippen LogP contribution is 2.16. The van der Waals surface area contributed by atoms with Crippen LogP contribution in [-0.4, -0.2) is 34.9 Å². The van der Waals surface area contributed by atoms with E-state index in [4.69, 9.17) is 9.47 Å². The highest BCUT2D eigenvalue weighted by Gasteiger charge is 2.17. The van der Waals surface area contributed by atoms with Crippen molar-refractivity contribution in [2.75, 3.05) is 12.4 Å². The number of rotatable bonds is 6. The van der Waals surface area contributed by atoms with Crippen molar-refractivity contribution in [1.29, 1.82) is 0 Å². The zero-order chi connectivity index (χ0) is 19.3. The molecule has 0 saturated carbocycles. The number of anilines is 1. The third kappa shape index (κ3) is 4.72. The Labute approximate surface area is 152 Å². The number of benzene rings is 1. The number of aryl methyl sites for hydroxylation is 2. The summed E-state index contributed by atoms with van der Waals surface area (Å²) >= 11 is 0. The van der Waals surface area contributed by atoms with Crippen molar-refractivity contribution in [2.45, 2.75) is 26.9 Å². The van der Waals surface area contributed by atoms with Crippen LogP contribution < -0.4 is 10.1 Å². The molecular weight excluding hydrogens is 334 g/mol. The maximum absolute atomic E-state index is 12.1. The number of esters is 1. The third-order valence-electron chi connectivity index (χ3n) is 3.97. The molecule has 138 valence electrons. The Morgan fingerprint density at radius 3 is 2.42 bits per heavy atom. The zero-order valence-electron chi connectivity index (χ0n) is 15.6. The van der Waals surface area contributed by atoms with Gasteiger partial charge in [0.2, 0.25) is 0 Å². The van der Waals surface area contributed by atoms with Crippen molar-refractivity contribution in [3.05, 3.63) is 47.3 Å². The molecule has 2 aromatic rings. The highest BCUT2D eigenvalue weighted by atomic mass is 16.5. The van der Waals surface area contributed by atoms with Gasteiger partial charge in [0.15, 0.2) is 6.10 Å². The lowest BCUT2D eigenvalue weighted by Gasteiger charge is -2.12. The maximum Gasteiger partial charge on any atom is 0.331 e. The molecule has 0 aliphatic heterocycles. The minimum absolute atomic E-state index is 0.411. The summed E-state index contributed by atoms with van der Waals surface area (Å²) in [6.07, 6.45) is 2.02. The number of ether oxygens (including phenoxy) is 2. The van der Waals surface area contributed by atoms with Crippen molar-refractivity contribution in [3.63, 3.8) is 0 Å². The summed E-state index contributed by atoms with van der Waals surface area (Å²) in [6.45, 7) is 5.30. The zero-order valence-corrected chi connectivity index (χ0v) is 15.6. The Hall–Kier alpha value is -3.09. The minimum atomic E-state index is -0.926. The second-order valence-electron chi connectivity index (χ2n) is 5.84. The van der Waals surface area contributed by atoms with Crippen LogP contribution >= 0.6 is 0 Å². The monoisotopic (exact) mass is 357 g/mol. The molecular formula is C19H23N3O4. The van der Waals surface area contributed by atoms with E-state index in [2.05, 4.69) is 10.4 Å². The SMILES string of the molecule is COc1ccc(NC(=O)[C@H](C)OC(=O)/C=C/c2c(C)nn(C)c2C)cc1. The largest absolute Gasteiger partial charge is 0.497 e. The fourth-order valence-corrected chi connectivity index (χ4v) is 2.37. The van der Waals surface area contributed by atoms with Crippen LogP contribution in [0.3, 0.4) is 0 Å². The predicted octanol–water partition coefficient (Wildman–Crippen LogP) is 2.63. The van der Waals surface area contributed by atoms with Crippen LogP contribution in [-0.2, 0) is 21.4 Å². The van der Waals surface area contributed by atoms with E-state index >= 15 is 0 Å². The molecule has 0 unspecified atom stereocenters.